The highest BCUT2D eigenvalue weighted by atomic mass is 19.4. The smallest absolute Gasteiger partial charge is 0.372 e. The molecule has 0 atom stereocenters. The number of piperazine rings is 1. The number of rotatable bonds is 2. The molecule has 1 fully saturated rings. The fourth-order valence-electron chi connectivity index (χ4n) is 3.24. The molecule has 0 aromatic heterocycles. The van der Waals surface area contributed by atoms with Crippen molar-refractivity contribution >= 4 is 5.69 Å². The minimum Gasteiger partial charge on any atom is -0.372 e. The highest BCUT2D eigenvalue weighted by Crippen LogP contribution is 2.32. The van der Waals surface area contributed by atoms with E-state index in [1.54, 1.807) is 6.07 Å². The minimum atomic E-state index is -4.27. The topological polar surface area (TPSA) is 6.48 Å². The van der Waals surface area contributed by atoms with E-state index in [0.717, 1.165) is 45.1 Å². The van der Waals surface area contributed by atoms with E-state index in [9.17, 15) is 13.2 Å². The van der Waals surface area contributed by atoms with Crippen molar-refractivity contribution < 1.29 is 13.2 Å². The van der Waals surface area contributed by atoms with Crippen LogP contribution in [-0.2, 0) is 6.18 Å². The Kier molecular flexibility index (Phi) is 4.32. The van der Waals surface area contributed by atoms with Crippen LogP contribution >= 0.6 is 0 Å². The molecule has 2 nitrogen and oxygen atoms in total. The van der Waals surface area contributed by atoms with E-state index < -0.39 is 11.7 Å². The van der Waals surface area contributed by atoms with Gasteiger partial charge in [-0.15, -0.1) is 0 Å². The highest BCUT2D eigenvalue weighted by molar-refractivity contribution is 5.49. The number of hydrogen-bond acceptors (Lipinski definition) is 2. The largest absolute Gasteiger partial charge is 0.416 e. The second-order valence-corrected chi connectivity index (χ2v) is 5.96. The number of halogens is 3. The predicted molar refractivity (Wildman–Crippen MR) is 81.8 cm³/mol. The Morgan fingerprint density at radius 3 is 2.27 bits per heavy atom. The third kappa shape index (κ3) is 3.39. The van der Waals surface area contributed by atoms with Crippen LogP contribution in [0.25, 0.3) is 0 Å². The van der Waals surface area contributed by atoms with Crippen LogP contribution in [0.4, 0.5) is 18.9 Å². The Morgan fingerprint density at radius 2 is 1.64 bits per heavy atom. The highest BCUT2D eigenvalue weighted by Gasteiger charge is 2.31. The van der Waals surface area contributed by atoms with Crippen molar-refractivity contribution in [2.24, 2.45) is 0 Å². The summed E-state index contributed by atoms with van der Waals surface area (Å²) in [6.45, 7) is 3.33. The number of alkyl halides is 3. The van der Waals surface area contributed by atoms with Gasteiger partial charge in [-0.2, -0.15) is 13.2 Å². The van der Waals surface area contributed by atoms with Crippen molar-refractivity contribution in [3.8, 4) is 0 Å². The maximum atomic E-state index is 12.8. The normalized spacial score (nSPS) is 20.0. The zero-order chi connectivity index (χ0) is 15.6. The van der Waals surface area contributed by atoms with Crippen LogP contribution in [0.1, 0.15) is 31.2 Å². The lowest BCUT2D eigenvalue weighted by molar-refractivity contribution is -0.137. The van der Waals surface area contributed by atoms with Crippen LogP contribution in [-0.4, -0.2) is 31.1 Å². The molecule has 0 radical (unpaired) electrons. The third-order valence-corrected chi connectivity index (χ3v) is 4.49. The molecule has 0 saturated carbocycles. The van der Waals surface area contributed by atoms with Crippen molar-refractivity contribution in [1.29, 1.82) is 0 Å². The van der Waals surface area contributed by atoms with Crippen LogP contribution in [0.3, 0.4) is 0 Å². The summed E-state index contributed by atoms with van der Waals surface area (Å²) in [5, 5.41) is 0. The summed E-state index contributed by atoms with van der Waals surface area (Å²) < 4.78 is 38.4. The maximum absolute atomic E-state index is 12.8. The molecular formula is C17H21F3N2. The standard InChI is InChI=1S/C17H21F3N2/c18-17(19,20)14-5-4-8-16(13-14)22-11-9-21(10-12-22)15-6-2-1-3-7-15/h4-6,8,13H,1-3,7,9-12H2. The lowest BCUT2D eigenvalue weighted by Gasteiger charge is -2.39. The van der Waals surface area contributed by atoms with Gasteiger partial charge >= 0.3 is 6.18 Å². The molecule has 1 aromatic carbocycles. The van der Waals surface area contributed by atoms with E-state index in [-0.39, 0.29) is 0 Å². The van der Waals surface area contributed by atoms with Gasteiger partial charge < -0.3 is 9.80 Å². The Bertz CT molecular complexity index is 543. The Hall–Kier alpha value is -1.65. The Labute approximate surface area is 129 Å². The summed E-state index contributed by atoms with van der Waals surface area (Å²) in [6.07, 6.45) is 2.87. The molecule has 120 valence electrons. The first-order valence-corrected chi connectivity index (χ1v) is 7.90. The molecule has 1 saturated heterocycles. The molecule has 0 amide bonds. The summed E-state index contributed by atoms with van der Waals surface area (Å²) in [5.74, 6) is 0. The van der Waals surface area contributed by atoms with E-state index in [1.165, 1.54) is 30.7 Å². The van der Waals surface area contributed by atoms with Crippen LogP contribution in [0, 0.1) is 0 Å². The molecule has 0 spiro atoms. The Balaban J connectivity index is 1.65. The quantitative estimate of drug-likeness (QED) is 0.804. The van der Waals surface area contributed by atoms with Gasteiger partial charge in [0, 0.05) is 37.6 Å². The van der Waals surface area contributed by atoms with E-state index in [2.05, 4.69) is 15.9 Å². The molecule has 1 aliphatic heterocycles. The van der Waals surface area contributed by atoms with Crippen molar-refractivity contribution in [1.82, 2.24) is 4.90 Å². The number of nitrogens with zero attached hydrogens (tertiary/aromatic N) is 2. The van der Waals surface area contributed by atoms with E-state index in [1.807, 2.05) is 0 Å². The fourth-order valence-corrected chi connectivity index (χ4v) is 3.24. The first-order valence-electron chi connectivity index (χ1n) is 7.90. The number of allylic oxidation sites excluding steroid dienone is 2. The van der Waals surface area contributed by atoms with Crippen LogP contribution in [0.15, 0.2) is 36.0 Å². The van der Waals surface area contributed by atoms with Gasteiger partial charge in [-0.3, -0.25) is 0 Å². The first-order chi connectivity index (χ1) is 10.5. The van der Waals surface area contributed by atoms with Gasteiger partial charge in [-0.05, 0) is 43.9 Å². The first kappa shape index (κ1) is 15.3. The summed E-state index contributed by atoms with van der Waals surface area (Å²) in [6, 6.07) is 5.65. The van der Waals surface area contributed by atoms with Gasteiger partial charge in [0.1, 0.15) is 0 Å². The maximum Gasteiger partial charge on any atom is 0.416 e. The van der Waals surface area contributed by atoms with Crippen LogP contribution < -0.4 is 4.90 Å². The number of anilines is 1. The lowest BCUT2D eigenvalue weighted by Crippen LogP contribution is -2.46. The SMILES string of the molecule is FC(F)(F)c1cccc(N2CCN(C3=CCCCC3)CC2)c1. The fraction of sp³-hybridized carbons (Fsp3) is 0.529. The van der Waals surface area contributed by atoms with Gasteiger partial charge in [-0.1, -0.05) is 12.1 Å². The van der Waals surface area contributed by atoms with E-state index in [0.29, 0.717) is 5.69 Å². The van der Waals surface area contributed by atoms with E-state index >= 15 is 0 Å². The van der Waals surface area contributed by atoms with Crippen molar-refractivity contribution in [2.75, 3.05) is 31.1 Å². The zero-order valence-corrected chi connectivity index (χ0v) is 12.6. The number of benzene rings is 1. The van der Waals surface area contributed by atoms with Gasteiger partial charge in [0.15, 0.2) is 0 Å². The lowest BCUT2D eigenvalue weighted by atomic mass is 10.0. The summed E-state index contributed by atoms with van der Waals surface area (Å²) in [7, 11) is 0. The van der Waals surface area contributed by atoms with E-state index in [4.69, 9.17) is 0 Å². The summed E-state index contributed by atoms with van der Waals surface area (Å²) in [5.41, 5.74) is 1.53. The molecule has 2 aliphatic rings. The molecule has 22 heavy (non-hydrogen) atoms. The third-order valence-electron chi connectivity index (χ3n) is 4.49. The second kappa shape index (κ2) is 6.23. The average molecular weight is 310 g/mol. The van der Waals surface area contributed by atoms with Crippen molar-refractivity contribution in [3.63, 3.8) is 0 Å². The Morgan fingerprint density at radius 1 is 0.909 bits per heavy atom. The molecule has 1 heterocycles. The monoisotopic (exact) mass is 310 g/mol. The van der Waals surface area contributed by atoms with Gasteiger partial charge in [0.05, 0.1) is 5.56 Å². The van der Waals surface area contributed by atoms with Gasteiger partial charge in [-0.25, -0.2) is 0 Å². The molecule has 1 aromatic rings. The predicted octanol–water partition coefficient (Wildman–Crippen LogP) is 4.29. The van der Waals surface area contributed by atoms with Gasteiger partial charge in [0.2, 0.25) is 0 Å². The minimum absolute atomic E-state index is 0.567. The second-order valence-electron chi connectivity index (χ2n) is 5.96. The molecule has 0 N–H and O–H groups in total. The molecule has 1 aliphatic carbocycles. The van der Waals surface area contributed by atoms with Crippen molar-refractivity contribution in [3.05, 3.63) is 41.6 Å². The molecule has 5 heteroatoms. The van der Waals surface area contributed by atoms with Gasteiger partial charge in [0.25, 0.3) is 0 Å². The zero-order valence-electron chi connectivity index (χ0n) is 12.6. The number of hydrogen-bond donors (Lipinski definition) is 0. The molecule has 0 unspecified atom stereocenters. The van der Waals surface area contributed by atoms with Crippen LogP contribution in [0.5, 0.6) is 0 Å². The van der Waals surface area contributed by atoms with Crippen molar-refractivity contribution in [2.45, 2.75) is 31.9 Å². The summed E-state index contributed by atoms with van der Waals surface area (Å²) in [4.78, 5) is 4.44. The molecule has 3 rings (SSSR count). The average Bonchev–Trinajstić information content (AvgIpc) is 2.55. The molecule has 0 bridgehead atoms. The van der Waals surface area contributed by atoms with Crippen LogP contribution in [0.2, 0.25) is 0 Å². The molecular weight excluding hydrogens is 289 g/mol. The summed E-state index contributed by atoms with van der Waals surface area (Å²) >= 11 is 0.